The number of nitrogens with one attached hydrogen (secondary N) is 2. The lowest BCUT2D eigenvalue weighted by Crippen LogP contribution is -2.51. The molecule has 1 aromatic rings. The van der Waals surface area contributed by atoms with Crippen molar-refractivity contribution < 1.29 is 19.1 Å². The first-order valence-corrected chi connectivity index (χ1v) is 10.8. The summed E-state index contributed by atoms with van der Waals surface area (Å²) in [6.07, 6.45) is 3.67. The predicted octanol–water partition coefficient (Wildman–Crippen LogP) is 3.68. The van der Waals surface area contributed by atoms with Crippen LogP contribution in [0.4, 0.5) is 4.79 Å². The molecule has 1 saturated carbocycles. The third-order valence-corrected chi connectivity index (χ3v) is 6.06. The van der Waals surface area contributed by atoms with Gasteiger partial charge in [0, 0.05) is 6.42 Å². The summed E-state index contributed by atoms with van der Waals surface area (Å²) in [6.45, 7) is 9.00. The van der Waals surface area contributed by atoms with Gasteiger partial charge in [-0.25, -0.2) is 4.79 Å². The molecule has 0 aromatic heterocycles. The van der Waals surface area contributed by atoms with Crippen molar-refractivity contribution in [2.75, 3.05) is 6.61 Å². The number of benzene rings is 1. The molecule has 2 fully saturated rings. The maximum absolute atomic E-state index is 12.8. The van der Waals surface area contributed by atoms with Crippen molar-refractivity contribution in [1.29, 1.82) is 0 Å². The van der Waals surface area contributed by atoms with E-state index in [0.29, 0.717) is 31.8 Å². The highest BCUT2D eigenvalue weighted by Crippen LogP contribution is 2.35. The highest BCUT2D eigenvalue weighted by molar-refractivity contribution is 6.08. The van der Waals surface area contributed by atoms with Crippen molar-refractivity contribution in [3.05, 3.63) is 29.8 Å². The third kappa shape index (κ3) is 4.94. The van der Waals surface area contributed by atoms with Gasteiger partial charge in [-0.1, -0.05) is 39.8 Å². The Balaban J connectivity index is 1.42. The minimum absolute atomic E-state index is 0.0877. The molecule has 1 saturated heterocycles. The van der Waals surface area contributed by atoms with Crippen LogP contribution in [0.2, 0.25) is 0 Å². The van der Waals surface area contributed by atoms with Crippen LogP contribution in [0.15, 0.2) is 24.3 Å². The number of carbonyl (C=O) groups is 3. The van der Waals surface area contributed by atoms with Crippen molar-refractivity contribution >= 4 is 17.8 Å². The molecule has 1 aromatic carbocycles. The summed E-state index contributed by atoms with van der Waals surface area (Å²) in [6, 6.07) is 7.40. The molecule has 0 atom stereocenters. The lowest BCUT2D eigenvalue weighted by atomic mass is 9.77. The van der Waals surface area contributed by atoms with E-state index in [1.165, 1.54) is 5.56 Å². The maximum atomic E-state index is 12.8. The molecule has 0 unspecified atom stereocenters. The van der Waals surface area contributed by atoms with Crippen LogP contribution in [0.25, 0.3) is 0 Å². The summed E-state index contributed by atoms with van der Waals surface area (Å²) in [5, 5.41) is 3.65. The zero-order chi connectivity index (χ0) is 21.9. The molecule has 1 aliphatic heterocycles. The van der Waals surface area contributed by atoms with Gasteiger partial charge in [0.15, 0.2) is 0 Å². The van der Waals surface area contributed by atoms with Crippen LogP contribution in [0.1, 0.15) is 71.8 Å². The summed E-state index contributed by atoms with van der Waals surface area (Å²) in [5.74, 6) is 0.592. The molecule has 7 nitrogen and oxygen atoms in total. The molecule has 1 spiro atoms. The monoisotopic (exact) mass is 415 g/mol. The minimum Gasteiger partial charge on any atom is -0.494 e. The molecule has 4 amide bonds. The molecule has 0 bridgehead atoms. The molecule has 2 N–H and O–H groups in total. The topological polar surface area (TPSA) is 87.7 Å². The number of nitrogens with zero attached hydrogens (tertiary/aromatic N) is 1. The number of hydrogen-bond acceptors (Lipinski definition) is 4. The van der Waals surface area contributed by atoms with E-state index in [4.69, 9.17) is 4.74 Å². The van der Waals surface area contributed by atoms with Crippen LogP contribution in [-0.2, 0) is 15.0 Å². The van der Waals surface area contributed by atoms with E-state index in [1.807, 2.05) is 24.3 Å². The largest absolute Gasteiger partial charge is 0.494 e. The molecule has 2 aliphatic rings. The molecule has 1 aliphatic carbocycles. The van der Waals surface area contributed by atoms with Gasteiger partial charge in [-0.2, -0.15) is 5.01 Å². The van der Waals surface area contributed by atoms with Crippen molar-refractivity contribution in [2.45, 2.75) is 77.2 Å². The summed E-state index contributed by atoms with van der Waals surface area (Å²) in [4.78, 5) is 37.2. The average Bonchev–Trinajstić information content (AvgIpc) is 2.91. The van der Waals surface area contributed by atoms with E-state index in [1.54, 1.807) is 0 Å². The Kier molecular flexibility index (Phi) is 6.38. The Hall–Kier alpha value is -2.57. The zero-order valence-corrected chi connectivity index (χ0v) is 18.4. The van der Waals surface area contributed by atoms with Gasteiger partial charge in [0.2, 0.25) is 5.91 Å². The van der Waals surface area contributed by atoms with E-state index in [-0.39, 0.29) is 23.7 Å². The SMILES string of the molecule is CC1CCC2(CC1)NC(=O)N(NC(=O)CCCOc1ccc(C(C)(C)C)cc1)C2=O. The number of rotatable bonds is 6. The summed E-state index contributed by atoms with van der Waals surface area (Å²) in [7, 11) is 0. The van der Waals surface area contributed by atoms with Crippen LogP contribution in [0, 0.1) is 5.92 Å². The van der Waals surface area contributed by atoms with Crippen LogP contribution in [0.5, 0.6) is 5.75 Å². The highest BCUT2D eigenvalue weighted by Gasteiger charge is 2.52. The quantitative estimate of drug-likeness (QED) is 0.548. The Morgan fingerprint density at radius 1 is 1.20 bits per heavy atom. The van der Waals surface area contributed by atoms with Gasteiger partial charge in [0.1, 0.15) is 11.3 Å². The first-order valence-electron chi connectivity index (χ1n) is 10.8. The lowest BCUT2D eigenvalue weighted by Gasteiger charge is -2.33. The molecule has 1 heterocycles. The minimum atomic E-state index is -0.848. The van der Waals surface area contributed by atoms with E-state index >= 15 is 0 Å². The summed E-state index contributed by atoms with van der Waals surface area (Å²) in [5.41, 5.74) is 2.93. The number of amides is 4. The van der Waals surface area contributed by atoms with E-state index in [2.05, 4.69) is 38.4 Å². The Bertz CT molecular complexity index is 790. The molecule has 164 valence electrons. The molecular weight excluding hydrogens is 382 g/mol. The fraction of sp³-hybridized carbons (Fsp3) is 0.609. The third-order valence-electron chi connectivity index (χ3n) is 6.06. The van der Waals surface area contributed by atoms with Crippen molar-refractivity contribution in [3.63, 3.8) is 0 Å². The highest BCUT2D eigenvalue weighted by atomic mass is 16.5. The normalized spacial score (nSPS) is 24.1. The van der Waals surface area contributed by atoms with Crippen LogP contribution >= 0.6 is 0 Å². The van der Waals surface area contributed by atoms with Crippen molar-refractivity contribution in [3.8, 4) is 5.75 Å². The summed E-state index contributed by atoms with van der Waals surface area (Å²) >= 11 is 0. The molecule has 0 radical (unpaired) electrons. The van der Waals surface area contributed by atoms with Gasteiger partial charge < -0.3 is 10.1 Å². The second kappa shape index (κ2) is 8.66. The first-order chi connectivity index (χ1) is 14.1. The number of carbonyl (C=O) groups excluding carboxylic acids is 3. The van der Waals surface area contributed by atoms with E-state index in [9.17, 15) is 14.4 Å². The molecule has 30 heavy (non-hydrogen) atoms. The standard InChI is InChI=1S/C23H33N3O4/c1-16-11-13-23(14-12-16)20(28)26(21(29)24-23)25-19(27)6-5-15-30-18-9-7-17(8-10-18)22(2,3)4/h7-10,16H,5-6,11-15H2,1-4H3,(H,24,29)(H,25,27). The molecule has 3 rings (SSSR count). The number of urea groups is 1. The van der Waals surface area contributed by atoms with Gasteiger partial charge in [0.05, 0.1) is 6.61 Å². The van der Waals surface area contributed by atoms with Gasteiger partial charge in [-0.15, -0.1) is 0 Å². The Morgan fingerprint density at radius 2 is 1.83 bits per heavy atom. The van der Waals surface area contributed by atoms with Gasteiger partial charge >= 0.3 is 6.03 Å². The number of ether oxygens (including phenoxy) is 1. The van der Waals surface area contributed by atoms with Crippen molar-refractivity contribution in [1.82, 2.24) is 15.8 Å². The molecular formula is C23H33N3O4. The van der Waals surface area contributed by atoms with Crippen LogP contribution in [0.3, 0.4) is 0 Å². The van der Waals surface area contributed by atoms with Crippen molar-refractivity contribution in [2.24, 2.45) is 5.92 Å². The van der Waals surface area contributed by atoms with Gasteiger partial charge in [-0.3, -0.25) is 15.0 Å². The number of imide groups is 1. The Labute approximate surface area is 178 Å². The van der Waals surface area contributed by atoms with Gasteiger partial charge in [0.25, 0.3) is 5.91 Å². The summed E-state index contributed by atoms with van der Waals surface area (Å²) < 4.78 is 5.70. The fourth-order valence-electron chi connectivity index (χ4n) is 3.97. The smallest absolute Gasteiger partial charge is 0.344 e. The first kappa shape index (κ1) is 22.1. The average molecular weight is 416 g/mol. The second-order valence-electron chi connectivity index (χ2n) is 9.60. The fourth-order valence-corrected chi connectivity index (χ4v) is 3.97. The Morgan fingerprint density at radius 3 is 2.43 bits per heavy atom. The van der Waals surface area contributed by atoms with Crippen LogP contribution < -0.4 is 15.5 Å². The maximum Gasteiger partial charge on any atom is 0.344 e. The van der Waals surface area contributed by atoms with Crippen LogP contribution in [-0.4, -0.2) is 35.0 Å². The lowest BCUT2D eigenvalue weighted by molar-refractivity contribution is -0.140. The van der Waals surface area contributed by atoms with E-state index < -0.39 is 11.6 Å². The molecule has 7 heteroatoms. The number of hydrazine groups is 1. The second-order valence-corrected chi connectivity index (χ2v) is 9.60. The zero-order valence-electron chi connectivity index (χ0n) is 18.4. The van der Waals surface area contributed by atoms with Gasteiger partial charge in [-0.05, 0) is 61.1 Å². The predicted molar refractivity (Wildman–Crippen MR) is 114 cm³/mol. The van der Waals surface area contributed by atoms with E-state index in [0.717, 1.165) is 23.6 Å². The number of hydrogen-bond donors (Lipinski definition) is 2.